The van der Waals surface area contributed by atoms with Gasteiger partial charge in [0.1, 0.15) is 0 Å². The predicted molar refractivity (Wildman–Crippen MR) is 114 cm³/mol. The van der Waals surface area contributed by atoms with Gasteiger partial charge in [-0.2, -0.15) is 0 Å². The van der Waals surface area contributed by atoms with Gasteiger partial charge in [0.25, 0.3) is 5.69 Å². The maximum Gasteiger partial charge on any atom is 0.269 e. The minimum absolute atomic E-state index is 0.0371. The third-order valence-electron chi connectivity index (χ3n) is 4.24. The topological polar surface area (TPSA) is 73.8 Å². The van der Waals surface area contributed by atoms with Gasteiger partial charge in [0.05, 0.1) is 4.92 Å². The molecule has 1 aromatic heterocycles. The Hall–Kier alpha value is -3.16. The predicted octanol–water partition coefficient (Wildman–Crippen LogP) is 5.79. The third kappa shape index (κ3) is 4.31. The van der Waals surface area contributed by atoms with E-state index in [2.05, 4.69) is 10.2 Å². The first-order valence-electron chi connectivity index (χ1n) is 8.75. The Kier molecular flexibility index (Phi) is 5.59. The number of thioether (sulfide) groups is 1. The van der Waals surface area contributed by atoms with Crippen molar-refractivity contribution >= 4 is 29.1 Å². The van der Waals surface area contributed by atoms with Crippen LogP contribution in [0.3, 0.4) is 0 Å². The van der Waals surface area contributed by atoms with Crippen LogP contribution in [0.1, 0.15) is 5.56 Å². The molecule has 1 heterocycles. The molecule has 29 heavy (non-hydrogen) atoms. The molecule has 0 saturated carbocycles. The monoisotopic (exact) mass is 422 g/mol. The molecular weight excluding hydrogens is 408 g/mol. The van der Waals surface area contributed by atoms with Crippen molar-refractivity contribution in [3.8, 4) is 17.1 Å². The largest absolute Gasteiger partial charge is 0.270 e. The number of nitro groups is 1. The van der Waals surface area contributed by atoms with E-state index < -0.39 is 4.92 Å². The minimum atomic E-state index is -0.419. The first kappa shape index (κ1) is 19.2. The van der Waals surface area contributed by atoms with Gasteiger partial charge in [-0.05, 0) is 42.0 Å². The lowest BCUT2D eigenvalue weighted by Gasteiger charge is -2.10. The van der Waals surface area contributed by atoms with E-state index >= 15 is 0 Å². The lowest BCUT2D eigenvalue weighted by Crippen LogP contribution is -1.99. The van der Waals surface area contributed by atoms with Crippen LogP contribution in [0.15, 0.2) is 84.0 Å². The molecule has 4 rings (SSSR count). The summed E-state index contributed by atoms with van der Waals surface area (Å²) in [5.41, 5.74) is 2.79. The molecule has 0 fully saturated rings. The number of aromatic nitrogens is 3. The molecule has 0 bridgehead atoms. The SMILES string of the molecule is O=[N+]([O-])c1ccc(-c2nnc(SCc3cccc(Cl)c3)n2-c2ccccc2)cc1. The van der Waals surface area contributed by atoms with E-state index in [4.69, 9.17) is 11.6 Å². The molecule has 0 N–H and O–H groups in total. The molecule has 8 heteroatoms. The van der Waals surface area contributed by atoms with Crippen LogP contribution in [0.2, 0.25) is 5.02 Å². The summed E-state index contributed by atoms with van der Waals surface area (Å²) < 4.78 is 1.95. The molecule has 4 aromatic rings. The molecule has 0 saturated heterocycles. The zero-order valence-electron chi connectivity index (χ0n) is 15.1. The van der Waals surface area contributed by atoms with Crippen molar-refractivity contribution in [2.45, 2.75) is 10.9 Å². The summed E-state index contributed by atoms with van der Waals surface area (Å²) in [5.74, 6) is 1.31. The van der Waals surface area contributed by atoms with Gasteiger partial charge < -0.3 is 0 Å². The highest BCUT2D eigenvalue weighted by Crippen LogP contribution is 2.30. The zero-order chi connectivity index (χ0) is 20.2. The number of hydrogen-bond acceptors (Lipinski definition) is 5. The number of nitrogens with zero attached hydrogens (tertiary/aromatic N) is 4. The van der Waals surface area contributed by atoms with Gasteiger partial charge in [-0.25, -0.2) is 0 Å². The van der Waals surface area contributed by atoms with Crippen LogP contribution in [0, 0.1) is 10.1 Å². The Morgan fingerprint density at radius 3 is 2.41 bits per heavy atom. The fraction of sp³-hybridized carbons (Fsp3) is 0.0476. The lowest BCUT2D eigenvalue weighted by atomic mass is 10.2. The van der Waals surface area contributed by atoms with Gasteiger partial charge >= 0.3 is 0 Å². The summed E-state index contributed by atoms with van der Waals surface area (Å²) in [6, 6.07) is 23.8. The Morgan fingerprint density at radius 2 is 1.72 bits per heavy atom. The smallest absolute Gasteiger partial charge is 0.269 e. The highest BCUT2D eigenvalue weighted by Gasteiger charge is 2.17. The molecule has 0 atom stereocenters. The van der Waals surface area contributed by atoms with Gasteiger partial charge in [0.15, 0.2) is 11.0 Å². The average molecular weight is 423 g/mol. The van der Waals surface area contributed by atoms with E-state index in [1.165, 1.54) is 12.1 Å². The van der Waals surface area contributed by atoms with Crippen molar-refractivity contribution in [2.75, 3.05) is 0 Å². The normalized spacial score (nSPS) is 10.8. The van der Waals surface area contributed by atoms with Crippen molar-refractivity contribution in [1.82, 2.24) is 14.8 Å². The van der Waals surface area contributed by atoms with Crippen molar-refractivity contribution < 1.29 is 4.92 Å². The van der Waals surface area contributed by atoms with E-state index in [0.29, 0.717) is 16.6 Å². The Morgan fingerprint density at radius 1 is 0.966 bits per heavy atom. The quantitative estimate of drug-likeness (QED) is 0.223. The maximum absolute atomic E-state index is 10.9. The van der Waals surface area contributed by atoms with Crippen molar-refractivity contribution in [3.05, 3.63) is 99.6 Å². The fourth-order valence-corrected chi connectivity index (χ4v) is 3.97. The van der Waals surface area contributed by atoms with Crippen LogP contribution in [0.4, 0.5) is 5.69 Å². The Balaban J connectivity index is 1.71. The van der Waals surface area contributed by atoms with E-state index in [1.807, 2.05) is 59.2 Å². The standard InChI is InChI=1S/C21H15ClN4O2S/c22-17-6-4-5-15(13-17)14-29-21-24-23-20(25(21)18-7-2-1-3-8-18)16-9-11-19(12-10-16)26(27)28/h1-13H,14H2. The van der Waals surface area contributed by atoms with Gasteiger partial charge in [-0.15, -0.1) is 10.2 Å². The number of halogens is 1. The van der Waals surface area contributed by atoms with Crippen molar-refractivity contribution in [3.63, 3.8) is 0 Å². The second-order valence-electron chi connectivity index (χ2n) is 6.20. The number of non-ortho nitro benzene ring substituents is 1. The van der Waals surface area contributed by atoms with E-state index in [0.717, 1.165) is 22.0 Å². The number of rotatable bonds is 6. The molecule has 0 aliphatic rings. The molecule has 3 aromatic carbocycles. The molecule has 0 unspecified atom stereocenters. The molecule has 144 valence electrons. The molecular formula is C21H15ClN4O2S. The van der Waals surface area contributed by atoms with Crippen LogP contribution < -0.4 is 0 Å². The zero-order valence-corrected chi connectivity index (χ0v) is 16.7. The van der Waals surface area contributed by atoms with Crippen LogP contribution in [0.25, 0.3) is 17.1 Å². The van der Waals surface area contributed by atoms with Crippen LogP contribution >= 0.6 is 23.4 Å². The summed E-state index contributed by atoms with van der Waals surface area (Å²) in [6.45, 7) is 0. The number of hydrogen-bond donors (Lipinski definition) is 0. The van der Waals surface area contributed by atoms with Gasteiger partial charge in [-0.1, -0.05) is 53.7 Å². The van der Waals surface area contributed by atoms with Gasteiger partial charge in [0, 0.05) is 34.2 Å². The van der Waals surface area contributed by atoms with Gasteiger partial charge in [-0.3, -0.25) is 14.7 Å². The summed E-state index contributed by atoms with van der Waals surface area (Å²) in [7, 11) is 0. The number of benzene rings is 3. The van der Waals surface area contributed by atoms with E-state index in [-0.39, 0.29) is 5.69 Å². The molecule has 0 amide bonds. The number of nitro benzene ring substituents is 1. The molecule has 0 aliphatic heterocycles. The van der Waals surface area contributed by atoms with Crippen molar-refractivity contribution in [1.29, 1.82) is 0 Å². The van der Waals surface area contributed by atoms with Crippen molar-refractivity contribution in [2.24, 2.45) is 0 Å². The molecule has 0 radical (unpaired) electrons. The highest BCUT2D eigenvalue weighted by molar-refractivity contribution is 7.98. The lowest BCUT2D eigenvalue weighted by molar-refractivity contribution is -0.384. The third-order valence-corrected chi connectivity index (χ3v) is 5.48. The highest BCUT2D eigenvalue weighted by atomic mass is 35.5. The fourth-order valence-electron chi connectivity index (χ4n) is 2.87. The second kappa shape index (κ2) is 8.46. The second-order valence-corrected chi connectivity index (χ2v) is 7.58. The summed E-state index contributed by atoms with van der Waals surface area (Å²) >= 11 is 7.63. The average Bonchev–Trinajstić information content (AvgIpc) is 3.17. The molecule has 0 spiro atoms. The molecule has 6 nitrogen and oxygen atoms in total. The Labute approximate surface area is 176 Å². The number of para-hydroxylation sites is 1. The first-order valence-corrected chi connectivity index (χ1v) is 10.1. The maximum atomic E-state index is 10.9. The minimum Gasteiger partial charge on any atom is -0.270 e. The van der Waals surface area contributed by atoms with Crippen LogP contribution in [0.5, 0.6) is 0 Å². The summed E-state index contributed by atoms with van der Waals surface area (Å²) in [5, 5.41) is 21.1. The van der Waals surface area contributed by atoms with E-state index in [9.17, 15) is 10.1 Å². The van der Waals surface area contributed by atoms with Crippen LogP contribution in [-0.2, 0) is 5.75 Å². The summed E-state index contributed by atoms with van der Waals surface area (Å²) in [4.78, 5) is 10.5. The summed E-state index contributed by atoms with van der Waals surface area (Å²) in [6.07, 6.45) is 0. The Bertz CT molecular complexity index is 1150. The first-order chi connectivity index (χ1) is 14.1. The molecule has 0 aliphatic carbocycles. The van der Waals surface area contributed by atoms with Crippen LogP contribution in [-0.4, -0.2) is 19.7 Å². The van der Waals surface area contributed by atoms with E-state index in [1.54, 1.807) is 23.9 Å². The van der Waals surface area contributed by atoms with Gasteiger partial charge in [0.2, 0.25) is 0 Å².